The smallest absolute Gasteiger partial charge is 0.319 e. The lowest BCUT2D eigenvalue weighted by Crippen LogP contribution is -2.22. The van der Waals surface area contributed by atoms with E-state index < -0.39 is 22.2 Å². The maximum absolute atomic E-state index is 12.4. The van der Waals surface area contributed by atoms with Crippen LogP contribution in [0.15, 0.2) is 58.2 Å². The number of nitro benzene ring substituents is 1. The summed E-state index contributed by atoms with van der Waals surface area (Å²) in [5, 5.41) is 10.6. The predicted molar refractivity (Wildman–Crippen MR) is 105 cm³/mol. The van der Waals surface area contributed by atoms with Gasteiger partial charge in [0.15, 0.2) is 11.9 Å². The van der Waals surface area contributed by atoms with Gasteiger partial charge in [0, 0.05) is 17.0 Å². The maximum atomic E-state index is 12.4. The van der Waals surface area contributed by atoms with Gasteiger partial charge in [0.2, 0.25) is 0 Å². The Bertz CT molecular complexity index is 1080. The first-order valence-electron chi connectivity index (χ1n) is 8.45. The van der Waals surface area contributed by atoms with Gasteiger partial charge in [-0.1, -0.05) is 12.1 Å². The Morgan fingerprint density at radius 3 is 2.54 bits per heavy atom. The fourth-order valence-corrected chi connectivity index (χ4v) is 3.37. The summed E-state index contributed by atoms with van der Waals surface area (Å²) in [6.45, 7) is 3.31. The molecule has 1 N–H and O–H groups in total. The number of hydrogen-bond donors (Lipinski definition) is 1. The van der Waals surface area contributed by atoms with Crippen LogP contribution in [0.4, 0.5) is 5.69 Å². The maximum Gasteiger partial charge on any atom is 0.319 e. The number of aromatic amines is 1. The molecule has 0 aliphatic rings. The van der Waals surface area contributed by atoms with Crippen LogP contribution in [0.5, 0.6) is 0 Å². The second-order valence-corrected chi connectivity index (χ2v) is 7.47. The van der Waals surface area contributed by atoms with Gasteiger partial charge in [0.1, 0.15) is 5.25 Å². The minimum absolute atomic E-state index is 0.0143. The van der Waals surface area contributed by atoms with Gasteiger partial charge in [-0.05, 0) is 38.1 Å². The van der Waals surface area contributed by atoms with E-state index in [1.54, 1.807) is 50.2 Å². The zero-order chi connectivity index (χ0) is 20.3. The van der Waals surface area contributed by atoms with Crippen LogP contribution in [0.3, 0.4) is 0 Å². The van der Waals surface area contributed by atoms with E-state index in [0.29, 0.717) is 15.8 Å². The molecule has 144 valence electrons. The first-order valence-corrected chi connectivity index (χ1v) is 9.33. The molecular formula is C19H17N3O5S. The third kappa shape index (κ3) is 4.37. The highest BCUT2D eigenvalue weighted by Gasteiger charge is 2.21. The molecule has 28 heavy (non-hydrogen) atoms. The third-order valence-corrected chi connectivity index (χ3v) is 5.09. The van der Waals surface area contributed by atoms with Crippen molar-refractivity contribution in [2.24, 2.45) is 0 Å². The number of rotatable bonds is 6. The van der Waals surface area contributed by atoms with Crippen molar-refractivity contribution >= 4 is 34.3 Å². The monoisotopic (exact) mass is 399 g/mol. The van der Waals surface area contributed by atoms with Gasteiger partial charge in [0.05, 0.1) is 15.8 Å². The van der Waals surface area contributed by atoms with E-state index >= 15 is 0 Å². The van der Waals surface area contributed by atoms with Gasteiger partial charge in [-0.25, -0.2) is 4.98 Å². The Morgan fingerprint density at radius 1 is 1.18 bits per heavy atom. The molecule has 3 rings (SSSR count). The van der Waals surface area contributed by atoms with Gasteiger partial charge in [-0.3, -0.25) is 19.7 Å². The number of hydrogen-bond acceptors (Lipinski definition) is 7. The molecule has 0 radical (unpaired) electrons. The highest BCUT2D eigenvalue weighted by atomic mass is 32.2. The summed E-state index contributed by atoms with van der Waals surface area (Å²) < 4.78 is 5.44. The first-order chi connectivity index (χ1) is 13.3. The van der Waals surface area contributed by atoms with E-state index in [2.05, 4.69) is 9.97 Å². The molecule has 0 aliphatic carbocycles. The molecule has 0 aliphatic heterocycles. The van der Waals surface area contributed by atoms with Crippen molar-refractivity contribution in [1.29, 1.82) is 0 Å². The average molecular weight is 399 g/mol. The SMILES string of the molecule is C[C@@H](Sc1ccc([N+](=O)[O-])cc1)C(=O)O[C@H](C)c1nc2ccccc2c(=O)[nH]1. The second-order valence-electron chi connectivity index (χ2n) is 6.06. The molecule has 1 aromatic heterocycles. The molecule has 0 unspecified atom stereocenters. The molecule has 2 aromatic carbocycles. The van der Waals surface area contributed by atoms with Crippen LogP contribution in [0, 0.1) is 10.1 Å². The summed E-state index contributed by atoms with van der Waals surface area (Å²) in [6, 6.07) is 12.8. The quantitative estimate of drug-likeness (QED) is 0.291. The first kappa shape index (κ1) is 19.6. The van der Waals surface area contributed by atoms with Crippen molar-refractivity contribution in [1.82, 2.24) is 9.97 Å². The molecule has 8 nitrogen and oxygen atoms in total. The molecule has 0 bridgehead atoms. The fraction of sp³-hybridized carbons (Fsp3) is 0.211. The van der Waals surface area contributed by atoms with Crippen molar-refractivity contribution in [3.05, 3.63) is 74.8 Å². The lowest BCUT2D eigenvalue weighted by Gasteiger charge is -2.16. The zero-order valence-electron chi connectivity index (χ0n) is 15.1. The summed E-state index contributed by atoms with van der Waals surface area (Å²) in [4.78, 5) is 42.5. The van der Waals surface area contributed by atoms with E-state index in [1.807, 2.05) is 0 Å². The van der Waals surface area contributed by atoms with Crippen molar-refractivity contribution in [3.8, 4) is 0 Å². The van der Waals surface area contributed by atoms with Crippen LogP contribution in [0.2, 0.25) is 0 Å². The minimum Gasteiger partial charge on any atom is -0.454 e. The van der Waals surface area contributed by atoms with Crippen LogP contribution in [0.1, 0.15) is 25.8 Å². The number of para-hydroxylation sites is 1. The van der Waals surface area contributed by atoms with Crippen LogP contribution < -0.4 is 5.56 Å². The Kier molecular flexibility index (Phi) is 5.74. The van der Waals surface area contributed by atoms with Gasteiger partial charge in [-0.2, -0.15) is 0 Å². The molecular weight excluding hydrogens is 382 g/mol. The van der Waals surface area contributed by atoms with Gasteiger partial charge < -0.3 is 9.72 Å². The number of aromatic nitrogens is 2. The van der Waals surface area contributed by atoms with E-state index in [0.717, 1.165) is 0 Å². The van der Waals surface area contributed by atoms with Gasteiger partial charge in [-0.15, -0.1) is 11.8 Å². The average Bonchev–Trinajstić information content (AvgIpc) is 2.68. The highest BCUT2D eigenvalue weighted by Crippen LogP contribution is 2.27. The number of nitro groups is 1. The Morgan fingerprint density at radius 2 is 1.86 bits per heavy atom. The number of fused-ring (bicyclic) bond motifs is 1. The topological polar surface area (TPSA) is 115 Å². The van der Waals surface area contributed by atoms with Crippen molar-refractivity contribution < 1.29 is 14.5 Å². The Hall–Kier alpha value is -3.20. The highest BCUT2D eigenvalue weighted by molar-refractivity contribution is 8.00. The molecule has 2 atom stereocenters. The minimum atomic E-state index is -0.732. The van der Waals surface area contributed by atoms with Crippen LogP contribution in [-0.2, 0) is 9.53 Å². The standard InChI is InChI=1S/C19H17N3O5S/c1-11(17-20-16-6-4-3-5-15(16)18(23)21-17)27-19(24)12(2)28-14-9-7-13(8-10-14)22(25)26/h3-12H,1-2H3,(H,20,21,23)/t11-,12-/m1/s1. The number of carbonyl (C=O) groups excluding carboxylic acids is 1. The number of nitrogens with zero attached hydrogens (tertiary/aromatic N) is 2. The summed E-state index contributed by atoms with van der Waals surface area (Å²) in [7, 11) is 0. The number of esters is 1. The molecule has 0 saturated carbocycles. The predicted octanol–water partition coefficient (Wildman–Crippen LogP) is 3.62. The van der Waals surface area contributed by atoms with Crippen molar-refractivity contribution in [2.75, 3.05) is 0 Å². The van der Waals surface area contributed by atoms with Crippen molar-refractivity contribution in [2.45, 2.75) is 30.1 Å². The van der Waals surface area contributed by atoms with E-state index in [9.17, 15) is 19.7 Å². The van der Waals surface area contributed by atoms with Gasteiger partial charge >= 0.3 is 5.97 Å². The molecule has 0 spiro atoms. The molecule has 0 amide bonds. The zero-order valence-corrected chi connectivity index (χ0v) is 15.9. The lowest BCUT2D eigenvalue weighted by atomic mass is 10.2. The summed E-state index contributed by atoms with van der Waals surface area (Å²) in [5.74, 6) is -0.212. The number of nitrogens with one attached hydrogen (secondary N) is 1. The second kappa shape index (κ2) is 8.22. The van der Waals surface area contributed by atoms with E-state index in [1.165, 1.54) is 23.9 Å². The number of H-pyrrole nitrogens is 1. The summed E-state index contributed by atoms with van der Waals surface area (Å²) >= 11 is 1.23. The number of benzene rings is 2. The number of thioether (sulfide) groups is 1. The molecule has 9 heteroatoms. The van der Waals surface area contributed by atoms with Crippen molar-refractivity contribution in [3.63, 3.8) is 0 Å². The molecule has 1 heterocycles. The molecule has 0 saturated heterocycles. The largest absolute Gasteiger partial charge is 0.454 e. The van der Waals surface area contributed by atoms with Crippen LogP contribution >= 0.6 is 11.8 Å². The molecule has 3 aromatic rings. The Balaban J connectivity index is 1.68. The Labute approximate surface area is 164 Å². The van der Waals surface area contributed by atoms with E-state index in [-0.39, 0.29) is 17.1 Å². The molecule has 0 fully saturated rings. The number of ether oxygens (including phenoxy) is 1. The number of carbonyl (C=O) groups is 1. The summed E-state index contributed by atoms with van der Waals surface area (Å²) in [6.07, 6.45) is -0.732. The van der Waals surface area contributed by atoms with Gasteiger partial charge in [0.25, 0.3) is 11.2 Å². The normalized spacial score (nSPS) is 13.1. The summed E-state index contributed by atoms with van der Waals surface area (Å²) in [5.41, 5.74) is 0.216. The van der Waals surface area contributed by atoms with Crippen LogP contribution in [-0.4, -0.2) is 26.1 Å². The lowest BCUT2D eigenvalue weighted by molar-refractivity contribution is -0.384. The fourth-order valence-electron chi connectivity index (χ4n) is 2.52. The third-order valence-electron chi connectivity index (χ3n) is 4.00. The number of non-ortho nitro benzene ring substituents is 1. The van der Waals surface area contributed by atoms with E-state index in [4.69, 9.17) is 4.74 Å². The van der Waals surface area contributed by atoms with Crippen LogP contribution in [0.25, 0.3) is 10.9 Å².